The first kappa shape index (κ1) is 17.9. The molecule has 0 aliphatic carbocycles. The molecule has 0 N–H and O–H groups in total. The Morgan fingerprint density at radius 2 is 1.77 bits per heavy atom. The molecule has 6 nitrogen and oxygen atoms in total. The third kappa shape index (κ3) is 3.67. The molecule has 0 radical (unpaired) electrons. The van der Waals surface area contributed by atoms with Crippen LogP contribution in [-0.4, -0.2) is 18.2 Å². The van der Waals surface area contributed by atoms with E-state index in [-0.39, 0.29) is 10.6 Å². The zero-order valence-electron chi connectivity index (χ0n) is 14.3. The van der Waals surface area contributed by atoms with E-state index >= 15 is 0 Å². The van der Waals surface area contributed by atoms with E-state index in [4.69, 9.17) is 4.18 Å². The number of aromatic nitrogens is 2. The Bertz CT molecular complexity index is 1050. The van der Waals surface area contributed by atoms with Crippen LogP contribution in [0.1, 0.15) is 17.4 Å². The third-order valence-electron chi connectivity index (χ3n) is 3.89. The quantitative estimate of drug-likeness (QED) is 0.646. The van der Waals surface area contributed by atoms with Gasteiger partial charge >= 0.3 is 0 Å². The summed E-state index contributed by atoms with van der Waals surface area (Å²) in [5, 5.41) is 13.7. The molecule has 132 valence electrons. The second-order valence-electron chi connectivity index (χ2n) is 5.82. The van der Waals surface area contributed by atoms with E-state index in [0.717, 1.165) is 16.8 Å². The van der Waals surface area contributed by atoms with Gasteiger partial charge in [0.15, 0.2) is 0 Å². The number of nitrogens with zero attached hydrogens (tertiary/aromatic N) is 3. The third-order valence-corrected chi connectivity index (χ3v) is 5.18. The van der Waals surface area contributed by atoms with Crippen molar-refractivity contribution >= 4 is 10.1 Å². The Hall–Kier alpha value is -2.95. The lowest BCUT2D eigenvalue weighted by molar-refractivity contribution is 0.262. The highest BCUT2D eigenvalue weighted by molar-refractivity contribution is 7.86. The first-order valence-electron chi connectivity index (χ1n) is 7.89. The lowest BCUT2D eigenvalue weighted by Crippen LogP contribution is -2.12. The van der Waals surface area contributed by atoms with Crippen molar-refractivity contribution in [3.8, 4) is 17.3 Å². The maximum Gasteiger partial charge on any atom is 0.298 e. The predicted octanol–water partition coefficient (Wildman–Crippen LogP) is 3.37. The second kappa shape index (κ2) is 7.12. The van der Waals surface area contributed by atoms with Gasteiger partial charge in [-0.3, -0.25) is 4.68 Å². The highest BCUT2D eigenvalue weighted by atomic mass is 32.2. The highest BCUT2D eigenvalue weighted by Gasteiger charge is 2.26. The topological polar surface area (TPSA) is 85.0 Å². The summed E-state index contributed by atoms with van der Waals surface area (Å²) in [6.45, 7) is 1.86. The van der Waals surface area contributed by atoms with Crippen molar-refractivity contribution in [3.63, 3.8) is 0 Å². The molecule has 0 bridgehead atoms. The fraction of sp³-hybridized carbons (Fsp3) is 0.158. The van der Waals surface area contributed by atoms with Crippen LogP contribution in [0.4, 0.5) is 0 Å². The molecule has 3 aromatic rings. The Morgan fingerprint density at radius 3 is 2.38 bits per heavy atom. The molecule has 3 rings (SSSR count). The van der Waals surface area contributed by atoms with Crippen LogP contribution in [0.5, 0.6) is 0 Å². The van der Waals surface area contributed by atoms with E-state index < -0.39 is 16.2 Å². The van der Waals surface area contributed by atoms with Crippen LogP contribution in [0.2, 0.25) is 0 Å². The standard InChI is InChI=1S/C19H17N3O3S/c1-14-8-10-16(11-9-14)26(23,24)25-19(13-20)17-12-18(22(2)21-17)15-6-4-3-5-7-15/h3-12,19H,1-2H3. The molecule has 0 saturated heterocycles. The van der Waals surface area contributed by atoms with Gasteiger partial charge in [-0.05, 0) is 30.7 Å². The minimum absolute atomic E-state index is 0.00237. The normalized spacial score (nSPS) is 12.5. The fourth-order valence-electron chi connectivity index (χ4n) is 2.52. The van der Waals surface area contributed by atoms with Crippen molar-refractivity contribution in [2.45, 2.75) is 17.9 Å². The number of hydrogen-bond donors (Lipinski definition) is 0. The summed E-state index contributed by atoms with van der Waals surface area (Å²) < 4.78 is 31.6. The van der Waals surface area contributed by atoms with Crippen molar-refractivity contribution in [2.24, 2.45) is 7.05 Å². The van der Waals surface area contributed by atoms with Gasteiger partial charge in [0.2, 0.25) is 6.10 Å². The molecule has 0 saturated carbocycles. The van der Waals surface area contributed by atoms with E-state index in [2.05, 4.69) is 5.10 Å². The van der Waals surface area contributed by atoms with Gasteiger partial charge in [-0.2, -0.15) is 18.8 Å². The van der Waals surface area contributed by atoms with E-state index in [1.54, 1.807) is 29.9 Å². The lowest BCUT2D eigenvalue weighted by atomic mass is 10.1. The van der Waals surface area contributed by atoms with Crippen LogP contribution < -0.4 is 0 Å². The first-order chi connectivity index (χ1) is 12.4. The summed E-state index contributed by atoms with van der Waals surface area (Å²) in [5.41, 5.74) is 2.84. The van der Waals surface area contributed by atoms with Crippen molar-refractivity contribution in [1.29, 1.82) is 5.26 Å². The minimum Gasteiger partial charge on any atom is -0.268 e. The summed E-state index contributed by atoms with van der Waals surface area (Å²) in [4.78, 5) is 0.00237. The molecule has 1 unspecified atom stereocenters. The molecule has 0 spiro atoms. The summed E-state index contributed by atoms with van der Waals surface area (Å²) in [5.74, 6) is 0. The van der Waals surface area contributed by atoms with Crippen LogP contribution in [0, 0.1) is 18.3 Å². The van der Waals surface area contributed by atoms with Crippen LogP contribution in [0.15, 0.2) is 65.6 Å². The number of nitriles is 1. The SMILES string of the molecule is Cc1ccc(S(=O)(=O)OC(C#N)c2cc(-c3ccccc3)n(C)n2)cc1. The minimum atomic E-state index is -4.08. The van der Waals surface area contributed by atoms with Crippen molar-refractivity contribution in [3.05, 3.63) is 71.9 Å². The van der Waals surface area contributed by atoms with Gasteiger partial charge in [-0.15, -0.1) is 0 Å². The van der Waals surface area contributed by atoms with Gasteiger partial charge in [-0.1, -0.05) is 48.0 Å². The van der Waals surface area contributed by atoms with Crippen LogP contribution in [0.25, 0.3) is 11.3 Å². The van der Waals surface area contributed by atoms with E-state index in [1.807, 2.05) is 43.3 Å². The predicted molar refractivity (Wildman–Crippen MR) is 96.4 cm³/mol. The molecular formula is C19H17N3O3S. The van der Waals surface area contributed by atoms with Crippen molar-refractivity contribution in [2.75, 3.05) is 0 Å². The first-order valence-corrected chi connectivity index (χ1v) is 9.30. The monoisotopic (exact) mass is 367 g/mol. The van der Waals surface area contributed by atoms with Gasteiger partial charge in [-0.25, -0.2) is 4.18 Å². The number of aryl methyl sites for hydroxylation is 2. The molecule has 26 heavy (non-hydrogen) atoms. The average molecular weight is 367 g/mol. The molecule has 7 heteroatoms. The largest absolute Gasteiger partial charge is 0.298 e. The fourth-order valence-corrected chi connectivity index (χ4v) is 3.50. The van der Waals surface area contributed by atoms with E-state index in [9.17, 15) is 13.7 Å². The van der Waals surface area contributed by atoms with Crippen LogP contribution in [0.3, 0.4) is 0 Å². The zero-order valence-corrected chi connectivity index (χ0v) is 15.1. The Morgan fingerprint density at radius 1 is 1.12 bits per heavy atom. The number of rotatable bonds is 5. The van der Waals surface area contributed by atoms with Crippen LogP contribution in [-0.2, 0) is 21.3 Å². The zero-order chi connectivity index (χ0) is 18.7. The molecule has 1 aromatic heterocycles. The maximum absolute atomic E-state index is 12.4. The Balaban J connectivity index is 1.90. The van der Waals surface area contributed by atoms with Crippen molar-refractivity contribution in [1.82, 2.24) is 9.78 Å². The number of hydrogen-bond acceptors (Lipinski definition) is 5. The molecule has 1 atom stereocenters. The molecule has 0 aliphatic heterocycles. The molecule has 2 aromatic carbocycles. The highest BCUT2D eigenvalue weighted by Crippen LogP contribution is 2.27. The van der Waals surface area contributed by atoms with Gasteiger partial charge in [0.25, 0.3) is 10.1 Å². The van der Waals surface area contributed by atoms with Crippen LogP contribution >= 0.6 is 0 Å². The molecule has 1 heterocycles. The number of benzene rings is 2. The molecule has 0 amide bonds. The molecule has 0 aliphatic rings. The molecular weight excluding hydrogens is 350 g/mol. The Kier molecular flexibility index (Phi) is 4.89. The van der Waals surface area contributed by atoms with Gasteiger partial charge in [0.05, 0.1) is 10.6 Å². The van der Waals surface area contributed by atoms with E-state index in [1.165, 1.54) is 12.1 Å². The molecule has 0 fully saturated rings. The summed E-state index contributed by atoms with van der Waals surface area (Å²) in [6, 6.07) is 19.3. The smallest absolute Gasteiger partial charge is 0.268 e. The summed E-state index contributed by atoms with van der Waals surface area (Å²) >= 11 is 0. The van der Waals surface area contributed by atoms with Gasteiger partial charge < -0.3 is 0 Å². The van der Waals surface area contributed by atoms with Gasteiger partial charge in [0, 0.05) is 7.05 Å². The van der Waals surface area contributed by atoms with Gasteiger partial charge in [0.1, 0.15) is 11.8 Å². The summed E-state index contributed by atoms with van der Waals surface area (Å²) in [6.07, 6.45) is -1.33. The maximum atomic E-state index is 12.4. The summed E-state index contributed by atoms with van der Waals surface area (Å²) in [7, 11) is -2.35. The lowest BCUT2D eigenvalue weighted by Gasteiger charge is -2.09. The Labute approximate surface area is 152 Å². The van der Waals surface area contributed by atoms with Crippen molar-refractivity contribution < 1.29 is 12.6 Å². The van der Waals surface area contributed by atoms with E-state index in [0.29, 0.717) is 0 Å². The second-order valence-corrected chi connectivity index (χ2v) is 7.39. The average Bonchev–Trinajstić information content (AvgIpc) is 3.02.